The van der Waals surface area contributed by atoms with Crippen molar-refractivity contribution in [2.45, 2.75) is 103 Å². The lowest BCUT2D eigenvalue weighted by Crippen LogP contribution is -2.01. The van der Waals surface area contributed by atoms with Crippen molar-refractivity contribution in [3.63, 3.8) is 0 Å². The minimum Gasteiger partial charge on any atom is -0.481 e. The highest BCUT2D eigenvalue weighted by molar-refractivity contribution is 5.86. The minimum atomic E-state index is -0.805. The topological polar surface area (TPSA) is 74.6 Å². The smallest absolute Gasteiger partial charge is 0.331 e. The Hall–Kier alpha value is -1.32. The van der Waals surface area contributed by atoms with Gasteiger partial charge in [0.25, 0.3) is 0 Å². The molecule has 0 unspecified atom stereocenters. The van der Waals surface area contributed by atoms with Crippen molar-refractivity contribution >= 4 is 11.9 Å². The monoisotopic (exact) mass is 340 g/mol. The van der Waals surface area contributed by atoms with E-state index in [-0.39, 0.29) is 6.42 Å². The molecule has 0 aromatic heterocycles. The average Bonchev–Trinajstić information content (AvgIpc) is 2.53. The van der Waals surface area contributed by atoms with Gasteiger partial charge in [0.15, 0.2) is 0 Å². The molecule has 24 heavy (non-hydrogen) atoms. The van der Waals surface area contributed by atoms with E-state index < -0.39 is 11.9 Å². The van der Waals surface area contributed by atoms with Gasteiger partial charge < -0.3 is 10.2 Å². The highest BCUT2D eigenvalue weighted by Crippen LogP contribution is 2.14. The molecular formula is C20H36O4. The molecule has 0 rings (SSSR count). The third-order valence-electron chi connectivity index (χ3n) is 4.31. The summed E-state index contributed by atoms with van der Waals surface area (Å²) >= 11 is 0. The Balaban J connectivity index is 3.68. The molecule has 0 radical (unpaired) electrons. The van der Waals surface area contributed by atoms with Crippen LogP contribution in [-0.2, 0) is 9.59 Å². The van der Waals surface area contributed by atoms with Gasteiger partial charge in [-0.1, -0.05) is 70.8 Å². The van der Waals surface area contributed by atoms with Crippen LogP contribution < -0.4 is 0 Å². The highest BCUT2D eigenvalue weighted by atomic mass is 16.4. The van der Waals surface area contributed by atoms with Crippen molar-refractivity contribution in [1.82, 2.24) is 0 Å². The fraction of sp³-hybridized carbons (Fsp3) is 0.800. The number of hydrogen-bond acceptors (Lipinski definition) is 2. The molecule has 0 spiro atoms. The van der Waals surface area contributed by atoms with Crippen LogP contribution in [0.3, 0.4) is 0 Å². The molecule has 0 aromatic rings. The van der Waals surface area contributed by atoms with E-state index in [9.17, 15) is 14.7 Å². The van der Waals surface area contributed by atoms with E-state index in [0.717, 1.165) is 32.1 Å². The van der Waals surface area contributed by atoms with Gasteiger partial charge in [-0.05, 0) is 32.1 Å². The predicted molar refractivity (Wildman–Crippen MR) is 98.3 cm³/mol. The van der Waals surface area contributed by atoms with Crippen molar-refractivity contribution < 1.29 is 19.8 Å². The Bertz CT molecular complexity index is 361. The summed E-state index contributed by atoms with van der Waals surface area (Å²) in [7, 11) is 0. The fourth-order valence-electron chi connectivity index (χ4n) is 2.80. The number of allylic oxidation sites excluding steroid dienone is 1. The molecule has 4 heteroatoms. The number of unbranched alkanes of at least 4 members (excludes halogenated alkanes) is 11. The predicted octanol–water partition coefficient (Wildman–Crippen LogP) is 5.95. The van der Waals surface area contributed by atoms with E-state index in [0.29, 0.717) is 18.4 Å². The van der Waals surface area contributed by atoms with Crippen molar-refractivity contribution in [3.8, 4) is 0 Å². The minimum absolute atomic E-state index is 0.208. The number of aliphatic carboxylic acids is 2. The molecule has 0 aliphatic heterocycles. The summed E-state index contributed by atoms with van der Waals surface area (Å²) in [5.74, 6) is -1.56. The Morgan fingerprint density at radius 1 is 0.708 bits per heavy atom. The zero-order valence-electron chi connectivity index (χ0n) is 15.4. The van der Waals surface area contributed by atoms with Gasteiger partial charge in [-0.25, -0.2) is 4.79 Å². The van der Waals surface area contributed by atoms with Crippen LogP contribution in [-0.4, -0.2) is 22.2 Å². The van der Waals surface area contributed by atoms with Crippen LogP contribution in [0.2, 0.25) is 0 Å². The second kappa shape index (κ2) is 16.5. The number of rotatable bonds is 17. The van der Waals surface area contributed by atoms with Gasteiger partial charge >= 0.3 is 11.9 Å². The highest BCUT2D eigenvalue weighted by Gasteiger charge is 2.06. The summed E-state index contributed by atoms with van der Waals surface area (Å²) < 4.78 is 0. The molecule has 0 aromatic carbocycles. The normalized spacial score (nSPS) is 11.6. The first kappa shape index (κ1) is 22.7. The molecule has 0 saturated carbocycles. The molecule has 4 nitrogen and oxygen atoms in total. The van der Waals surface area contributed by atoms with Crippen molar-refractivity contribution in [2.75, 3.05) is 0 Å². The van der Waals surface area contributed by atoms with Crippen molar-refractivity contribution in [1.29, 1.82) is 0 Å². The van der Waals surface area contributed by atoms with E-state index in [1.807, 2.05) is 6.08 Å². The lowest BCUT2D eigenvalue weighted by Gasteiger charge is -2.04. The van der Waals surface area contributed by atoms with Gasteiger partial charge in [0, 0.05) is 12.0 Å². The van der Waals surface area contributed by atoms with Crippen LogP contribution in [0.4, 0.5) is 0 Å². The van der Waals surface area contributed by atoms with E-state index in [2.05, 4.69) is 6.92 Å². The number of hydrogen-bond donors (Lipinski definition) is 2. The van der Waals surface area contributed by atoms with Crippen LogP contribution in [0.25, 0.3) is 0 Å². The summed E-state index contributed by atoms with van der Waals surface area (Å²) in [5, 5.41) is 17.8. The van der Waals surface area contributed by atoms with Gasteiger partial charge in [-0.15, -0.1) is 0 Å². The molecule has 0 atom stereocenters. The number of carbonyl (C=O) groups is 2. The zero-order chi connectivity index (χ0) is 18.0. The van der Waals surface area contributed by atoms with Crippen LogP contribution in [0.15, 0.2) is 11.6 Å². The van der Waals surface area contributed by atoms with Crippen LogP contribution in [0.1, 0.15) is 103 Å². The molecule has 140 valence electrons. The van der Waals surface area contributed by atoms with Crippen molar-refractivity contribution in [2.24, 2.45) is 0 Å². The van der Waals surface area contributed by atoms with Gasteiger partial charge in [-0.2, -0.15) is 0 Å². The lowest BCUT2D eigenvalue weighted by molar-refractivity contribution is -0.137. The largest absolute Gasteiger partial charge is 0.481 e. The molecule has 0 aliphatic rings. The SMILES string of the molecule is CCCCCCCCCCC=C(CCCCCCC(=O)O)C(=O)O. The third kappa shape index (κ3) is 15.6. The Labute approximate surface area is 147 Å². The van der Waals surface area contributed by atoms with Crippen LogP contribution >= 0.6 is 0 Å². The Morgan fingerprint density at radius 2 is 1.21 bits per heavy atom. The third-order valence-corrected chi connectivity index (χ3v) is 4.31. The second-order valence-electron chi connectivity index (χ2n) is 6.61. The standard InChI is InChI=1S/C20H36O4/c1-2-3-4-5-6-7-8-9-12-15-18(20(23)24)16-13-10-11-14-17-19(21)22/h15H,2-14,16-17H2,1H3,(H,21,22)(H,23,24). The summed E-state index contributed by atoms with van der Waals surface area (Å²) in [5.41, 5.74) is 0.524. The first-order valence-electron chi connectivity index (χ1n) is 9.72. The molecule has 0 amide bonds. The van der Waals surface area contributed by atoms with E-state index in [4.69, 9.17) is 5.11 Å². The molecule has 0 fully saturated rings. The summed E-state index contributed by atoms with van der Waals surface area (Å²) in [6, 6.07) is 0. The summed E-state index contributed by atoms with van der Waals surface area (Å²) in [6.45, 7) is 2.22. The first-order chi connectivity index (χ1) is 11.6. The molecule has 0 aliphatic carbocycles. The second-order valence-corrected chi connectivity index (χ2v) is 6.61. The fourth-order valence-corrected chi connectivity index (χ4v) is 2.80. The Kier molecular flexibility index (Phi) is 15.6. The van der Waals surface area contributed by atoms with Crippen LogP contribution in [0, 0.1) is 0 Å². The van der Waals surface area contributed by atoms with E-state index >= 15 is 0 Å². The quantitative estimate of drug-likeness (QED) is 0.253. The molecular weight excluding hydrogens is 304 g/mol. The molecule has 0 bridgehead atoms. The molecule has 0 heterocycles. The molecule has 0 saturated heterocycles. The number of carboxylic acid groups (broad SMARTS) is 2. The number of carboxylic acids is 2. The zero-order valence-corrected chi connectivity index (χ0v) is 15.4. The first-order valence-corrected chi connectivity index (χ1v) is 9.72. The summed E-state index contributed by atoms with van der Waals surface area (Å²) in [4.78, 5) is 21.6. The van der Waals surface area contributed by atoms with Gasteiger partial charge in [-0.3, -0.25) is 4.79 Å². The van der Waals surface area contributed by atoms with E-state index in [1.165, 1.54) is 44.9 Å². The van der Waals surface area contributed by atoms with Gasteiger partial charge in [0.2, 0.25) is 0 Å². The maximum absolute atomic E-state index is 11.2. The maximum Gasteiger partial charge on any atom is 0.331 e. The van der Waals surface area contributed by atoms with E-state index in [1.54, 1.807) is 0 Å². The van der Waals surface area contributed by atoms with Crippen molar-refractivity contribution in [3.05, 3.63) is 11.6 Å². The maximum atomic E-state index is 11.2. The summed E-state index contributed by atoms with van der Waals surface area (Å²) in [6.07, 6.45) is 16.9. The molecule has 2 N–H and O–H groups in total. The Morgan fingerprint density at radius 3 is 1.75 bits per heavy atom. The van der Waals surface area contributed by atoms with Gasteiger partial charge in [0.05, 0.1) is 0 Å². The lowest BCUT2D eigenvalue weighted by atomic mass is 10.0. The average molecular weight is 341 g/mol. The van der Waals surface area contributed by atoms with Crippen LogP contribution in [0.5, 0.6) is 0 Å². The van der Waals surface area contributed by atoms with Gasteiger partial charge in [0.1, 0.15) is 0 Å².